The average molecular weight is 517 g/mol. The second-order valence-electron chi connectivity index (χ2n) is 9.51. The van der Waals surface area contributed by atoms with Gasteiger partial charge in [0.15, 0.2) is 17.0 Å². The van der Waals surface area contributed by atoms with Gasteiger partial charge >= 0.3 is 5.97 Å². The third-order valence-electron chi connectivity index (χ3n) is 7.14. The van der Waals surface area contributed by atoms with Crippen LogP contribution in [-0.4, -0.2) is 79.3 Å². The molecule has 5 rings (SSSR count). The number of terminal acetylenes is 1. The molecule has 0 spiro atoms. The maximum atomic E-state index is 12.6. The van der Waals surface area contributed by atoms with Crippen molar-refractivity contribution in [3.63, 3.8) is 0 Å². The van der Waals surface area contributed by atoms with Crippen molar-refractivity contribution in [1.29, 1.82) is 0 Å². The van der Waals surface area contributed by atoms with E-state index in [-0.39, 0.29) is 17.8 Å². The van der Waals surface area contributed by atoms with Crippen molar-refractivity contribution >= 4 is 40.5 Å². The average Bonchev–Trinajstić information content (AvgIpc) is 3.65. The molecule has 0 bridgehead atoms. The Balaban J connectivity index is 1.31. The van der Waals surface area contributed by atoms with Crippen LogP contribution in [0.4, 0.5) is 5.82 Å². The Bertz CT molecular complexity index is 1170. The van der Waals surface area contributed by atoms with Gasteiger partial charge in [-0.3, -0.25) is 9.36 Å². The van der Waals surface area contributed by atoms with Crippen LogP contribution in [0.15, 0.2) is 6.33 Å². The number of halogens is 1. The van der Waals surface area contributed by atoms with Crippen LogP contribution in [-0.2, 0) is 19.1 Å². The van der Waals surface area contributed by atoms with E-state index in [0.29, 0.717) is 42.5 Å². The van der Waals surface area contributed by atoms with Crippen LogP contribution < -0.4 is 5.32 Å². The molecule has 3 fully saturated rings. The topological polar surface area (TPSA) is 132 Å². The van der Waals surface area contributed by atoms with E-state index in [9.17, 15) is 14.7 Å². The number of hydrogen-bond donors (Lipinski definition) is 2. The number of rotatable bonds is 8. The lowest BCUT2D eigenvalue weighted by Crippen LogP contribution is -2.44. The number of carboxylic acid groups (broad SMARTS) is 1. The van der Waals surface area contributed by atoms with Crippen molar-refractivity contribution in [2.75, 3.05) is 25.0 Å². The van der Waals surface area contributed by atoms with Crippen molar-refractivity contribution in [3.8, 4) is 12.3 Å². The Morgan fingerprint density at radius 2 is 2.03 bits per heavy atom. The molecule has 0 aromatic carbocycles. The van der Waals surface area contributed by atoms with Gasteiger partial charge in [0.05, 0.1) is 25.0 Å². The molecule has 36 heavy (non-hydrogen) atoms. The Kier molecular flexibility index (Phi) is 7.27. The number of carbonyl (C=O) groups is 2. The molecule has 2 aromatic heterocycles. The molecule has 4 unspecified atom stereocenters. The first-order chi connectivity index (χ1) is 17.4. The lowest BCUT2D eigenvalue weighted by molar-refractivity contribution is -0.165. The Hall–Kier alpha value is -2.94. The fraction of sp³-hybridized carbons (Fsp3) is 0.625. The number of nitrogens with zero attached hydrogens (tertiary/aromatic N) is 5. The van der Waals surface area contributed by atoms with Crippen LogP contribution >= 0.6 is 11.6 Å². The summed E-state index contributed by atoms with van der Waals surface area (Å²) in [6.07, 6.45) is 11.3. The summed E-state index contributed by atoms with van der Waals surface area (Å²) in [7, 11) is 0. The van der Waals surface area contributed by atoms with E-state index >= 15 is 0 Å². The number of fused-ring (bicyclic) bond motifs is 1. The second kappa shape index (κ2) is 10.6. The number of imidazole rings is 1. The second-order valence-corrected chi connectivity index (χ2v) is 9.85. The van der Waals surface area contributed by atoms with E-state index in [0.717, 1.165) is 25.7 Å². The van der Waals surface area contributed by atoms with Crippen molar-refractivity contribution in [1.82, 2.24) is 24.4 Å². The van der Waals surface area contributed by atoms with Gasteiger partial charge in [0.25, 0.3) is 5.91 Å². The first-order valence-corrected chi connectivity index (χ1v) is 12.7. The van der Waals surface area contributed by atoms with Gasteiger partial charge < -0.3 is 24.8 Å². The standard InChI is InChI=1S/C24H29ClN6O5/c1-2-14-11-17(36-16(14)12-35-19(23(33)34)22(32)30-9-5-6-10-30)31-13-26-18-20(27-15-7-3-4-8-15)28-24(25)29-21(18)31/h1,13-17,19H,3-12H2,(H,33,34)(H,27,28,29). The monoisotopic (exact) mass is 516 g/mol. The minimum Gasteiger partial charge on any atom is -0.479 e. The molecular weight excluding hydrogens is 488 g/mol. The first kappa shape index (κ1) is 24.7. The number of aliphatic carboxylic acids is 1. The largest absolute Gasteiger partial charge is 0.479 e. The minimum absolute atomic E-state index is 0.0980. The van der Waals surface area contributed by atoms with Crippen LogP contribution in [0.2, 0.25) is 5.28 Å². The molecule has 2 aliphatic heterocycles. The molecule has 1 saturated carbocycles. The van der Waals surface area contributed by atoms with Gasteiger partial charge in [-0.05, 0) is 37.3 Å². The van der Waals surface area contributed by atoms with Gasteiger partial charge in [-0.1, -0.05) is 12.8 Å². The number of ether oxygens (including phenoxy) is 2. The third kappa shape index (κ3) is 4.98. The summed E-state index contributed by atoms with van der Waals surface area (Å²) in [5.41, 5.74) is 1.11. The number of amides is 1. The lowest BCUT2D eigenvalue weighted by Gasteiger charge is -2.22. The fourth-order valence-corrected chi connectivity index (χ4v) is 5.40. The van der Waals surface area contributed by atoms with Gasteiger partial charge in [-0.15, -0.1) is 12.3 Å². The molecule has 192 valence electrons. The summed E-state index contributed by atoms with van der Waals surface area (Å²) >= 11 is 6.24. The molecule has 2 aromatic rings. The normalized spacial score (nSPS) is 25.3. The molecule has 2 N–H and O–H groups in total. The van der Waals surface area contributed by atoms with Gasteiger partial charge in [0.1, 0.15) is 6.23 Å². The van der Waals surface area contributed by atoms with Crippen molar-refractivity contribution < 1.29 is 24.2 Å². The molecule has 2 saturated heterocycles. The highest BCUT2D eigenvalue weighted by molar-refractivity contribution is 6.28. The summed E-state index contributed by atoms with van der Waals surface area (Å²) in [4.78, 5) is 39.1. The molecule has 1 amide bonds. The smallest absolute Gasteiger partial charge is 0.342 e. The summed E-state index contributed by atoms with van der Waals surface area (Å²) < 4.78 is 13.5. The predicted molar refractivity (Wildman–Crippen MR) is 130 cm³/mol. The number of carboxylic acids is 1. The molecule has 1 aliphatic carbocycles. The van der Waals surface area contributed by atoms with Crippen LogP contribution in [0, 0.1) is 18.3 Å². The van der Waals surface area contributed by atoms with E-state index in [1.165, 1.54) is 17.7 Å². The Morgan fingerprint density at radius 1 is 1.28 bits per heavy atom. The molecule has 12 heteroatoms. The minimum atomic E-state index is -1.59. The van der Waals surface area contributed by atoms with Crippen LogP contribution in [0.25, 0.3) is 11.2 Å². The number of aromatic nitrogens is 4. The van der Waals surface area contributed by atoms with Gasteiger partial charge in [-0.2, -0.15) is 9.97 Å². The Morgan fingerprint density at radius 3 is 2.72 bits per heavy atom. The maximum Gasteiger partial charge on any atom is 0.342 e. The lowest BCUT2D eigenvalue weighted by atomic mass is 10.0. The highest BCUT2D eigenvalue weighted by Crippen LogP contribution is 2.36. The number of nitrogens with one attached hydrogen (secondary N) is 1. The first-order valence-electron chi connectivity index (χ1n) is 12.4. The van der Waals surface area contributed by atoms with Gasteiger partial charge in [0, 0.05) is 25.6 Å². The van der Waals surface area contributed by atoms with E-state index < -0.39 is 30.3 Å². The predicted octanol–water partition coefficient (Wildman–Crippen LogP) is 2.46. The number of anilines is 1. The quantitative estimate of drug-likeness (QED) is 0.308. The highest BCUT2D eigenvalue weighted by atomic mass is 35.5. The zero-order valence-electron chi connectivity index (χ0n) is 19.8. The van der Waals surface area contributed by atoms with E-state index in [1.807, 2.05) is 0 Å². The molecule has 4 heterocycles. The van der Waals surface area contributed by atoms with Crippen molar-refractivity contribution in [2.45, 2.75) is 69.4 Å². The molecule has 3 aliphatic rings. The summed E-state index contributed by atoms with van der Waals surface area (Å²) in [5, 5.41) is 13.1. The zero-order valence-corrected chi connectivity index (χ0v) is 20.6. The van der Waals surface area contributed by atoms with Gasteiger partial charge in [0.2, 0.25) is 11.4 Å². The van der Waals surface area contributed by atoms with Crippen LogP contribution in [0.1, 0.15) is 51.2 Å². The van der Waals surface area contributed by atoms with Gasteiger partial charge in [-0.25, -0.2) is 9.78 Å². The highest BCUT2D eigenvalue weighted by Gasteiger charge is 2.39. The summed E-state index contributed by atoms with van der Waals surface area (Å²) in [6.45, 7) is 0.951. The van der Waals surface area contributed by atoms with Crippen molar-refractivity contribution in [3.05, 3.63) is 11.6 Å². The fourth-order valence-electron chi connectivity index (χ4n) is 5.24. The zero-order chi connectivity index (χ0) is 25.2. The van der Waals surface area contributed by atoms with Crippen molar-refractivity contribution in [2.24, 2.45) is 5.92 Å². The van der Waals surface area contributed by atoms with E-state index in [4.69, 9.17) is 27.5 Å². The summed E-state index contributed by atoms with van der Waals surface area (Å²) in [5.74, 6) is 1.08. The van der Waals surface area contributed by atoms with Crippen LogP contribution in [0.3, 0.4) is 0 Å². The molecular formula is C24H29ClN6O5. The van der Waals surface area contributed by atoms with E-state index in [2.05, 4.69) is 26.2 Å². The number of carbonyl (C=O) groups excluding carboxylic acids is 1. The molecule has 11 nitrogen and oxygen atoms in total. The Labute approximate surface area is 213 Å². The number of likely N-dealkylation sites (tertiary alicyclic amines) is 1. The maximum absolute atomic E-state index is 12.6. The third-order valence-corrected chi connectivity index (χ3v) is 7.31. The van der Waals surface area contributed by atoms with Crippen LogP contribution in [0.5, 0.6) is 0 Å². The summed E-state index contributed by atoms with van der Waals surface area (Å²) in [6, 6.07) is 0.324. The molecule has 0 radical (unpaired) electrons. The van der Waals surface area contributed by atoms with E-state index in [1.54, 1.807) is 10.9 Å². The number of hydrogen-bond acceptors (Lipinski definition) is 8. The molecule has 4 atom stereocenters. The SMILES string of the molecule is C#CC1CC(n2cnc3c(NC4CCCC4)nc(Cl)nc32)OC1COC(C(=O)O)C(=O)N1CCCC1.